The van der Waals surface area contributed by atoms with Crippen LogP contribution in [-0.4, -0.2) is 48.2 Å². The summed E-state index contributed by atoms with van der Waals surface area (Å²) in [5.74, 6) is -7.22. The van der Waals surface area contributed by atoms with Gasteiger partial charge in [0.1, 0.15) is 0 Å². The molecule has 0 atom stereocenters. The molecule has 3 aliphatic carbocycles. The van der Waals surface area contributed by atoms with Gasteiger partial charge in [-0.1, -0.05) is 164 Å². The average molecular weight is 1220 g/mol. The molecule has 7 rings (SSSR count). The van der Waals surface area contributed by atoms with E-state index in [9.17, 15) is 44.7 Å². The lowest BCUT2D eigenvalue weighted by atomic mass is 9.82. The summed E-state index contributed by atoms with van der Waals surface area (Å²) in [6, 6.07) is 9.16. The van der Waals surface area contributed by atoms with Gasteiger partial charge >= 0.3 is 24.2 Å². The van der Waals surface area contributed by atoms with Crippen LogP contribution < -0.4 is 0 Å². The number of carbonyl (C=O) groups excluding carboxylic acids is 6. The molecule has 0 fully saturated rings. The average Bonchev–Trinajstić information content (AvgIpc) is 4.29. The molecular weight excluding hydrogens is 1120 g/mol. The first-order valence-corrected chi connectivity index (χ1v) is 29.9. The van der Waals surface area contributed by atoms with E-state index in [2.05, 4.69) is 53.2 Å². The topological polar surface area (TPSA) is 161 Å². The third-order valence-corrected chi connectivity index (χ3v) is 10.8. The van der Waals surface area contributed by atoms with Crippen LogP contribution in [0.3, 0.4) is 0 Å². The fourth-order valence-corrected chi connectivity index (χ4v) is 7.43. The number of benzene rings is 4. The minimum absolute atomic E-state index is 0.205. The Labute approximate surface area is 505 Å². The summed E-state index contributed by atoms with van der Waals surface area (Å²) in [6.45, 7) is 42.0. The van der Waals surface area contributed by atoms with Gasteiger partial charge in [0.25, 0.3) is 0 Å². The first-order valence-electron chi connectivity index (χ1n) is 29.9. The number of fused-ring (bicyclic) bond motifs is 3. The van der Waals surface area contributed by atoms with Gasteiger partial charge in [0, 0.05) is 0 Å². The molecule has 0 heterocycles. The van der Waals surface area contributed by atoms with Crippen LogP contribution in [0.1, 0.15) is 222 Å². The van der Waals surface area contributed by atoms with E-state index >= 15 is 0 Å². The maximum atomic E-state index is 13.2. The summed E-state index contributed by atoms with van der Waals surface area (Å²) in [5.41, 5.74) is 4.56. The van der Waals surface area contributed by atoms with Crippen molar-refractivity contribution < 1.29 is 83.6 Å². The van der Waals surface area contributed by atoms with Gasteiger partial charge in [0.2, 0.25) is 0 Å². The summed E-state index contributed by atoms with van der Waals surface area (Å²) in [6.07, 6.45) is 9.45. The number of hydrogen-bond donors (Lipinski definition) is 2. The van der Waals surface area contributed by atoms with Crippen LogP contribution in [0.15, 0.2) is 48.5 Å². The summed E-state index contributed by atoms with van der Waals surface area (Å²) in [5, 5.41) is 17.3. The molecule has 0 radical (unpaired) electrons. The smallest absolute Gasteiger partial charge is 0.373 e. The van der Waals surface area contributed by atoms with Crippen molar-refractivity contribution in [3.8, 4) is 0 Å². The number of rotatable bonds is 7. The minimum Gasteiger partial charge on any atom is -0.469 e. The Morgan fingerprint density at radius 1 is 0.459 bits per heavy atom. The Morgan fingerprint density at radius 3 is 0.906 bits per heavy atom. The van der Waals surface area contributed by atoms with Gasteiger partial charge < -0.3 is 19.7 Å². The highest BCUT2D eigenvalue weighted by atomic mass is 19.2. The molecule has 3 aliphatic rings. The lowest BCUT2D eigenvalue weighted by Crippen LogP contribution is -2.33. The van der Waals surface area contributed by atoms with Crippen molar-refractivity contribution in [2.75, 3.05) is 13.7 Å². The lowest BCUT2D eigenvalue weighted by molar-refractivity contribution is -0.193. The molecule has 0 aromatic heterocycles. The zero-order valence-electron chi connectivity index (χ0n) is 55.4. The lowest BCUT2D eigenvalue weighted by Gasteiger charge is -2.24. The van der Waals surface area contributed by atoms with Crippen LogP contribution in [0.4, 0.5) is 35.1 Å². The number of halogens is 8. The standard InChI is InChI=1S/C14H16F2O2.C11H10F2O2.C11H12F2.C8H8F2O2.3C3H8.6C2H6.2CO2/c1-3-14(13(17)18-4-2)7-9-5-11(15)12(16)6-10(9)8-14;1-15-11(14)8-2-6-4-9(12)10(13)5-7(6)3-8;1-2-7-3-8-5-10(12)11(13)6-9(8)4-7;9-7-1-5(3-11)6(4-12)2-8(7)10;3*1-3-2;6*1-2;2*2-1-3/h5-6H,3-4,7-8H2,1-2H3;4-5,8H,2-3H2,1H3;5-7H,2-4H2,1H3;1-2,11-12H,3-4H2;3*3H2,1-2H3;6*1-2H3;;. The molecule has 0 spiro atoms. The van der Waals surface area contributed by atoms with Crippen molar-refractivity contribution in [2.24, 2.45) is 17.3 Å². The second-order valence-electron chi connectivity index (χ2n) is 16.8. The Morgan fingerprint density at radius 2 is 0.694 bits per heavy atom. The number of hydrogen-bond acceptors (Lipinski definition) is 10. The van der Waals surface area contributed by atoms with Crippen molar-refractivity contribution in [1.29, 1.82) is 0 Å². The van der Waals surface area contributed by atoms with Crippen molar-refractivity contribution in [3.05, 3.63) is 140 Å². The largest absolute Gasteiger partial charge is 0.469 e. The van der Waals surface area contributed by atoms with E-state index in [4.69, 9.17) is 34.1 Å². The maximum absolute atomic E-state index is 13.2. The van der Waals surface area contributed by atoms with Gasteiger partial charge in [-0.05, 0) is 151 Å². The molecule has 0 saturated carbocycles. The molecule has 10 nitrogen and oxygen atoms in total. The molecule has 0 bridgehead atoms. The Kier molecular flexibility index (Phi) is 70.0. The fourth-order valence-electron chi connectivity index (χ4n) is 7.43. The van der Waals surface area contributed by atoms with Gasteiger partial charge in [-0.3, -0.25) is 9.59 Å². The highest BCUT2D eigenvalue weighted by molar-refractivity contribution is 5.79. The van der Waals surface area contributed by atoms with Crippen LogP contribution in [0.2, 0.25) is 0 Å². The monoisotopic (exact) mass is 1220 g/mol. The molecule has 0 aliphatic heterocycles. The Hall–Kier alpha value is -6.06. The predicted molar refractivity (Wildman–Crippen MR) is 324 cm³/mol. The van der Waals surface area contributed by atoms with Gasteiger partial charge in [0.05, 0.1) is 38.3 Å². The van der Waals surface area contributed by atoms with E-state index in [0.717, 1.165) is 54.7 Å². The predicted octanol–water partition coefficient (Wildman–Crippen LogP) is 18.2. The number of esters is 2. The van der Waals surface area contributed by atoms with E-state index in [1.807, 2.05) is 90.0 Å². The molecule has 490 valence electrons. The molecule has 85 heavy (non-hydrogen) atoms. The SMILES string of the molecule is CC.CC.CC.CC.CC.CC.CCC.CCC.CCC.CCC1Cc2cc(F)c(F)cc2C1.CCOC(=O)C1(CC)Cc2cc(F)c(F)cc2C1.COC(=O)C1Cc2cc(F)c(F)cc2C1.O=C=O.O=C=O.OCc1cc(F)c(F)cc1CO. The van der Waals surface area contributed by atoms with E-state index in [-0.39, 0.29) is 41.3 Å². The van der Waals surface area contributed by atoms with Gasteiger partial charge in [-0.25, -0.2) is 35.1 Å². The van der Waals surface area contributed by atoms with E-state index in [0.29, 0.717) is 66.9 Å². The number of carbonyl (C=O) groups is 2. The Bertz CT molecular complexity index is 2230. The summed E-state index contributed by atoms with van der Waals surface area (Å²) < 4.78 is 113. The third-order valence-electron chi connectivity index (χ3n) is 10.8. The van der Waals surface area contributed by atoms with Gasteiger partial charge in [0.15, 0.2) is 46.5 Å². The molecule has 0 unspecified atom stereocenters. The van der Waals surface area contributed by atoms with Crippen LogP contribution in [0.5, 0.6) is 0 Å². The first-order chi connectivity index (χ1) is 40.6. The van der Waals surface area contributed by atoms with E-state index in [1.54, 1.807) is 6.92 Å². The number of aliphatic hydroxyl groups is 2. The first kappa shape index (κ1) is 95.3. The van der Waals surface area contributed by atoms with E-state index < -0.39 is 65.2 Å². The summed E-state index contributed by atoms with van der Waals surface area (Å²) in [4.78, 5) is 55.8. The van der Waals surface area contributed by atoms with Crippen molar-refractivity contribution in [1.82, 2.24) is 0 Å². The Balaban J connectivity index is -0.000000137. The van der Waals surface area contributed by atoms with Crippen LogP contribution in [0.25, 0.3) is 0 Å². The highest BCUT2D eigenvalue weighted by Gasteiger charge is 2.44. The van der Waals surface area contributed by atoms with Crippen molar-refractivity contribution >= 4 is 24.2 Å². The quantitative estimate of drug-likeness (QED) is 0.135. The molecule has 18 heteroatoms. The molecule has 4 aromatic carbocycles. The number of aliphatic hydroxyl groups excluding tert-OH is 2. The third kappa shape index (κ3) is 38.6. The normalized spacial score (nSPS) is 11.3. The molecule has 2 N–H and O–H groups in total. The number of methoxy groups -OCH3 is 1. The van der Waals surface area contributed by atoms with E-state index in [1.165, 1.54) is 50.6 Å². The maximum Gasteiger partial charge on any atom is 0.373 e. The molecule has 0 amide bonds. The van der Waals surface area contributed by atoms with Gasteiger partial charge in [-0.15, -0.1) is 0 Å². The minimum atomic E-state index is -1.02. The second-order valence-corrected chi connectivity index (χ2v) is 16.8. The fraction of sp³-hybridized carbons (Fsp3) is 0.582. The zero-order chi connectivity index (χ0) is 68.4. The summed E-state index contributed by atoms with van der Waals surface area (Å²) >= 11 is 0. The molecule has 0 saturated heterocycles. The highest BCUT2D eigenvalue weighted by Crippen LogP contribution is 2.41. The van der Waals surface area contributed by atoms with Crippen molar-refractivity contribution in [3.63, 3.8) is 0 Å². The summed E-state index contributed by atoms with van der Waals surface area (Å²) in [7, 11) is 1.31. The second kappa shape index (κ2) is 62.5. The van der Waals surface area contributed by atoms with Crippen LogP contribution >= 0.6 is 0 Å². The zero-order valence-corrected chi connectivity index (χ0v) is 55.4. The van der Waals surface area contributed by atoms with Crippen molar-refractivity contribution in [2.45, 2.75) is 229 Å². The molecular formula is C67H106F8O10. The van der Waals surface area contributed by atoms with Crippen LogP contribution in [-0.2, 0) is 90.0 Å². The van der Waals surface area contributed by atoms with Crippen LogP contribution in [0, 0.1) is 63.8 Å². The molecule has 4 aromatic rings. The van der Waals surface area contributed by atoms with Gasteiger partial charge in [-0.2, -0.15) is 19.2 Å². The number of ether oxygens (including phenoxy) is 2.